The molecule has 0 atom stereocenters. The topological polar surface area (TPSA) is 69.9 Å². The Balaban J connectivity index is 1.40. The van der Waals surface area contributed by atoms with E-state index in [0.717, 1.165) is 5.76 Å². The van der Waals surface area contributed by atoms with Crippen molar-refractivity contribution in [1.29, 1.82) is 0 Å². The maximum atomic E-state index is 12.1. The molecule has 6 nitrogen and oxygen atoms in total. The zero-order chi connectivity index (χ0) is 16.1. The second kappa shape index (κ2) is 7.39. The number of amides is 1. The van der Waals surface area contributed by atoms with Crippen LogP contribution in [-0.4, -0.2) is 25.9 Å². The van der Waals surface area contributed by atoms with Crippen LogP contribution in [0.5, 0.6) is 11.5 Å². The summed E-state index contributed by atoms with van der Waals surface area (Å²) in [6.45, 7) is 1.58. The first-order chi connectivity index (χ1) is 11.2. The van der Waals surface area contributed by atoms with Crippen molar-refractivity contribution in [3.05, 3.63) is 46.9 Å². The molecule has 0 unspecified atom stereocenters. The first-order valence-electron chi connectivity index (χ1n) is 7.21. The van der Waals surface area contributed by atoms with Gasteiger partial charge in [-0.3, -0.25) is 4.79 Å². The lowest BCUT2D eigenvalue weighted by atomic mass is 10.2. The van der Waals surface area contributed by atoms with E-state index < -0.39 is 0 Å². The molecule has 0 bridgehead atoms. The molecule has 0 radical (unpaired) electrons. The molecular formula is C16H16ClNO5. The number of benzene rings is 1. The molecule has 0 saturated carbocycles. The van der Waals surface area contributed by atoms with Gasteiger partial charge < -0.3 is 23.9 Å². The Morgan fingerprint density at radius 2 is 2.26 bits per heavy atom. The molecule has 0 aliphatic carbocycles. The van der Waals surface area contributed by atoms with E-state index in [2.05, 4.69) is 5.32 Å². The molecule has 0 fully saturated rings. The van der Waals surface area contributed by atoms with Gasteiger partial charge in [0.2, 0.25) is 6.79 Å². The number of fused-ring (bicyclic) bond motifs is 1. The molecule has 7 heteroatoms. The summed E-state index contributed by atoms with van der Waals surface area (Å²) in [6.07, 6.45) is 2.31. The summed E-state index contributed by atoms with van der Waals surface area (Å²) >= 11 is 6.06. The molecular weight excluding hydrogens is 322 g/mol. The predicted molar refractivity (Wildman–Crippen MR) is 82.9 cm³/mol. The Hall–Kier alpha value is -2.18. The number of nitrogens with one attached hydrogen (secondary N) is 1. The van der Waals surface area contributed by atoms with Crippen molar-refractivity contribution in [3.63, 3.8) is 0 Å². The number of hydrogen-bond donors (Lipinski definition) is 1. The lowest BCUT2D eigenvalue weighted by Gasteiger charge is -2.07. The highest BCUT2D eigenvalue weighted by atomic mass is 35.5. The summed E-state index contributed by atoms with van der Waals surface area (Å²) in [5, 5.41) is 3.18. The van der Waals surface area contributed by atoms with Gasteiger partial charge in [0.05, 0.1) is 11.3 Å². The summed E-state index contributed by atoms with van der Waals surface area (Å²) in [5.41, 5.74) is 0.441. The fourth-order valence-electron chi connectivity index (χ4n) is 2.14. The van der Waals surface area contributed by atoms with Crippen LogP contribution in [0.4, 0.5) is 0 Å². The standard InChI is InChI=1S/C16H16ClNO5/c17-13-7-11(8-14-15(13)23-10-22-14)16(19)18-4-2-5-20-9-12-3-1-6-21-12/h1,3,6-8H,2,4-5,9-10H2,(H,18,19). The Morgan fingerprint density at radius 1 is 1.35 bits per heavy atom. The molecule has 0 spiro atoms. The second-order valence-electron chi connectivity index (χ2n) is 4.93. The minimum Gasteiger partial charge on any atom is -0.467 e. The van der Waals surface area contributed by atoms with Crippen molar-refractivity contribution in [2.24, 2.45) is 0 Å². The van der Waals surface area contributed by atoms with Gasteiger partial charge in [0.25, 0.3) is 5.91 Å². The molecule has 1 amide bonds. The molecule has 2 aromatic rings. The highest BCUT2D eigenvalue weighted by Crippen LogP contribution is 2.39. The molecule has 1 aliphatic heterocycles. The Kier molecular flexibility index (Phi) is 5.05. The van der Waals surface area contributed by atoms with E-state index in [0.29, 0.717) is 48.3 Å². The maximum absolute atomic E-state index is 12.1. The third-order valence-electron chi connectivity index (χ3n) is 3.26. The van der Waals surface area contributed by atoms with E-state index in [9.17, 15) is 4.79 Å². The minimum absolute atomic E-state index is 0.118. The van der Waals surface area contributed by atoms with Gasteiger partial charge in [-0.15, -0.1) is 0 Å². The molecule has 1 N–H and O–H groups in total. The second-order valence-corrected chi connectivity index (χ2v) is 5.34. The van der Waals surface area contributed by atoms with Crippen LogP contribution in [0.25, 0.3) is 0 Å². The maximum Gasteiger partial charge on any atom is 0.251 e. The van der Waals surface area contributed by atoms with E-state index in [4.69, 9.17) is 30.2 Å². The van der Waals surface area contributed by atoms with E-state index in [-0.39, 0.29) is 12.7 Å². The van der Waals surface area contributed by atoms with Crippen LogP contribution in [0.2, 0.25) is 5.02 Å². The summed E-state index contributed by atoms with van der Waals surface area (Å²) < 4.78 is 21.1. The van der Waals surface area contributed by atoms with Crippen LogP contribution >= 0.6 is 11.6 Å². The number of carbonyl (C=O) groups is 1. The first-order valence-corrected chi connectivity index (χ1v) is 7.59. The van der Waals surface area contributed by atoms with Gasteiger partial charge in [0, 0.05) is 18.7 Å². The Labute approximate surface area is 138 Å². The lowest BCUT2D eigenvalue weighted by Crippen LogP contribution is -2.25. The number of ether oxygens (including phenoxy) is 3. The lowest BCUT2D eigenvalue weighted by molar-refractivity contribution is 0.0916. The minimum atomic E-state index is -0.212. The summed E-state index contributed by atoms with van der Waals surface area (Å²) in [7, 11) is 0. The number of hydrogen-bond acceptors (Lipinski definition) is 5. The molecule has 122 valence electrons. The van der Waals surface area contributed by atoms with Gasteiger partial charge in [-0.2, -0.15) is 0 Å². The zero-order valence-electron chi connectivity index (χ0n) is 12.3. The van der Waals surface area contributed by atoms with E-state index in [1.807, 2.05) is 12.1 Å². The van der Waals surface area contributed by atoms with Crippen LogP contribution in [0, 0.1) is 0 Å². The van der Waals surface area contributed by atoms with Gasteiger partial charge in [-0.25, -0.2) is 0 Å². The zero-order valence-corrected chi connectivity index (χ0v) is 13.1. The molecule has 0 saturated heterocycles. The Bertz CT molecular complexity index is 671. The van der Waals surface area contributed by atoms with Crippen LogP contribution in [0.15, 0.2) is 34.9 Å². The fourth-order valence-corrected chi connectivity index (χ4v) is 2.41. The monoisotopic (exact) mass is 337 g/mol. The highest BCUT2D eigenvalue weighted by molar-refractivity contribution is 6.32. The number of halogens is 1. The summed E-state index contributed by atoms with van der Waals surface area (Å²) in [5.74, 6) is 1.54. The third-order valence-corrected chi connectivity index (χ3v) is 3.55. The highest BCUT2D eigenvalue weighted by Gasteiger charge is 2.20. The van der Waals surface area contributed by atoms with E-state index in [1.54, 1.807) is 18.4 Å². The normalized spacial score (nSPS) is 12.4. The molecule has 1 aromatic carbocycles. The van der Waals surface area contributed by atoms with Crippen molar-refractivity contribution in [1.82, 2.24) is 5.32 Å². The van der Waals surface area contributed by atoms with Crippen molar-refractivity contribution >= 4 is 17.5 Å². The first kappa shape index (κ1) is 15.7. The van der Waals surface area contributed by atoms with Gasteiger partial charge in [0.15, 0.2) is 11.5 Å². The SMILES string of the molecule is O=C(NCCCOCc1ccco1)c1cc(Cl)c2c(c1)OCO2. The van der Waals surface area contributed by atoms with Crippen LogP contribution in [-0.2, 0) is 11.3 Å². The van der Waals surface area contributed by atoms with E-state index in [1.165, 1.54) is 0 Å². The van der Waals surface area contributed by atoms with Gasteiger partial charge >= 0.3 is 0 Å². The van der Waals surface area contributed by atoms with Crippen LogP contribution in [0.3, 0.4) is 0 Å². The van der Waals surface area contributed by atoms with Crippen LogP contribution in [0.1, 0.15) is 22.5 Å². The molecule has 23 heavy (non-hydrogen) atoms. The van der Waals surface area contributed by atoms with Gasteiger partial charge in [-0.1, -0.05) is 11.6 Å². The van der Waals surface area contributed by atoms with Crippen molar-refractivity contribution in [3.8, 4) is 11.5 Å². The quantitative estimate of drug-likeness (QED) is 0.786. The van der Waals surface area contributed by atoms with Gasteiger partial charge in [0.1, 0.15) is 12.4 Å². The molecule has 3 rings (SSSR count). The largest absolute Gasteiger partial charge is 0.467 e. The number of furan rings is 1. The molecule has 1 aromatic heterocycles. The molecule has 1 aliphatic rings. The van der Waals surface area contributed by atoms with Crippen molar-refractivity contribution < 1.29 is 23.4 Å². The predicted octanol–water partition coefficient (Wildman–Crippen LogP) is 3.00. The molecule has 2 heterocycles. The van der Waals surface area contributed by atoms with E-state index >= 15 is 0 Å². The average Bonchev–Trinajstić information content (AvgIpc) is 3.21. The summed E-state index contributed by atoms with van der Waals surface area (Å²) in [6, 6.07) is 6.86. The number of carbonyl (C=O) groups excluding carboxylic acids is 1. The Morgan fingerprint density at radius 3 is 3.09 bits per heavy atom. The smallest absolute Gasteiger partial charge is 0.251 e. The average molecular weight is 338 g/mol. The van der Waals surface area contributed by atoms with Crippen molar-refractivity contribution in [2.45, 2.75) is 13.0 Å². The number of rotatable bonds is 7. The summed E-state index contributed by atoms with van der Waals surface area (Å²) in [4.78, 5) is 12.1. The van der Waals surface area contributed by atoms with Gasteiger partial charge in [-0.05, 0) is 30.7 Å². The van der Waals surface area contributed by atoms with Crippen LogP contribution < -0.4 is 14.8 Å². The fraction of sp³-hybridized carbons (Fsp3) is 0.312. The van der Waals surface area contributed by atoms with Crippen molar-refractivity contribution in [2.75, 3.05) is 19.9 Å². The third kappa shape index (κ3) is 3.97.